The van der Waals surface area contributed by atoms with Gasteiger partial charge in [0.25, 0.3) is 0 Å². The van der Waals surface area contributed by atoms with E-state index in [2.05, 4.69) is 5.32 Å². The number of nitrogens with one attached hydrogen (secondary N) is 1. The van der Waals surface area contributed by atoms with Crippen LogP contribution in [0.5, 0.6) is 17.2 Å². The number of phenols is 1. The summed E-state index contributed by atoms with van der Waals surface area (Å²) in [6.07, 6.45) is 0. The number of benzene rings is 1. The fourth-order valence-electron chi connectivity index (χ4n) is 1.64. The van der Waals surface area contributed by atoms with Gasteiger partial charge in [0.15, 0.2) is 11.5 Å². The molecule has 0 saturated heterocycles. The molecule has 1 aromatic rings. The van der Waals surface area contributed by atoms with Gasteiger partial charge in [0.1, 0.15) is 5.75 Å². The number of aliphatic hydroxyl groups excluding tert-OH is 1. The second-order valence-electron chi connectivity index (χ2n) is 4.59. The van der Waals surface area contributed by atoms with E-state index in [1.165, 1.54) is 13.0 Å². The summed E-state index contributed by atoms with van der Waals surface area (Å²) >= 11 is 0. The minimum atomic E-state index is -1.17. The van der Waals surface area contributed by atoms with Crippen molar-refractivity contribution in [2.75, 3.05) is 19.9 Å². The molecule has 0 aliphatic carbocycles. The molecule has 0 aromatic heterocycles. The van der Waals surface area contributed by atoms with Gasteiger partial charge < -0.3 is 30.1 Å². The van der Waals surface area contributed by atoms with Crippen molar-refractivity contribution >= 4 is 0 Å². The van der Waals surface area contributed by atoms with Gasteiger partial charge in [0.05, 0.1) is 12.2 Å². The molecule has 100 valence electrons. The molecule has 18 heavy (non-hydrogen) atoms. The van der Waals surface area contributed by atoms with Crippen molar-refractivity contribution in [1.82, 2.24) is 5.32 Å². The third kappa shape index (κ3) is 2.84. The van der Waals surface area contributed by atoms with Gasteiger partial charge in [0, 0.05) is 24.7 Å². The molecule has 1 aliphatic rings. The van der Waals surface area contributed by atoms with E-state index in [1.807, 2.05) is 0 Å². The molecule has 0 amide bonds. The van der Waals surface area contributed by atoms with Crippen LogP contribution in [0, 0.1) is 0 Å². The highest BCUT2D eigenvalue weighted by Gasteiger charge is 2.20. The maximum Gasteiger partial charge on any atom is 0.231 e. The molecule has 0 saturated carbocycles. The zero-order valence-corrected chi connectivity index (χ0v) is 10.1. The normalized spacial score (nSPS) is 16.6. The van der Waals surface area contributed by atoms with E-state index in [4.69, 9.17) is 14.6 Å². The fourth-order valence-corrected chi connectivity index (χ4v) is 1.64. The number of hydrogen-bond donors (Lipinski definition) is 4. The van der Waals surface area contributed by atoms with E-state index in [0.29, 0.717) is 23.6 Å². The molecule has 1 heterocycles. The number of hydrogen-bond acceptors (Lipinski definition) is 6. The molecule has 1 aromatic carbocycles. The maximum absolute atomic E-state index is 9.77. The summed E-state index contributed by atoms with van der Waals surface area (Å²) in [7, 11) is 0. The Morgan fingerprint density at radius 1 is 1.33 bits per heavy atom. The van der Waals surface area contributed by atoms with Crippen LogP contribution in [0.25, 0.3) is 0 Å². The monoisotopic (exact) mass is 255 g/mol. The number of rotatable bonds is 5. The lowest BCUT2D eigenvalue weighted by molar-refractivity contribution is 0.00250. The van der Waals surface area contributed by atoms with E-state index >= 15 is 0 Å². The summed E-state index contributed by atoms with van der Waals surface area (Å²) in [4.78, 5) is 0. The zero-order valence-electron chi connectivity index (χ0n) is 10.1. The first-order chi connectivity index (χ1) is 8.52. The molecule has 0 bridgehead atoms. The highest BCUT2D eigenvalue weighted by atomic mass is 16.7. The second-order valence-corrected chi connectivity index (χ2v) is 4.59. The van der Waals surface area contributed by atoms with Crippen molar-refractivity contribution in [2.24, 2.45) is 0 Å². The van der Waals surface area contributed by atoms with Crippen LogP contribution in [-0.4, -0.2) is 40.9 Å². The summed E-state index contributed by atoms with van der Waals surface area (Å²) < 4.78 is 10.3. The molecular weight excluding hydrogens is 238 g/mol. The van der Waals surface area contributed by atoms with Gasteiger partial charge in [-0.2, -0.15) is 0 Å². The predicted octanol–water partition coefficient (Wildman–Crippen LogP) is -0.0462. The van der Waals surface area contributed by atoms with Crippen LogP contribution in [0.1, 0.15) is 12.5 Å². The first kappa shape index (κ1) is 12.9. The predicted molar refractivity (Wildman–Crippen MR) is 63.6 cm³/mol. The van der Waals surface area contributed by atoms with Crippen LogP contribution >= 0.6 is 0 Å². The van der Waals surface area contributed by atoms with E-state index in [1.54, 1.807) is 6.07 Å². The van der Waals surface area contributed by atoms with Crippen molar-refractivity contribution in [3.8, 4) is 17.2 Å². The van der Waals surface area contributed by atoms with Gasteiger partial charge in [-0.3, -0.25) is 0 Å². The van der Waals surface area contributed by atoms with Crippen LogP contribution in [0.2, 0.25) is 0 Å². The average molecular weight is 255 g/mol. The standard InChI is InChI=1S/C12H17NO5/c1-12(16,6-14)5-13-4-8-2-10-11(3-9(8)15)18-7-17-10/h2-3,13-16H,4-7H2,1H3. The van der Waals surface area contributed by atoms with Gasteiger partial charge in [0.2, 0.25) is 6.79 Å². The van der Waals surface area contributed by atoms with Crippen molar-refractivity contribution in [3.63, 3.8) is 0 Å². The molecule has 1 aliphatic heterocycles. The summed E-state index contributed by atoms with van der Waals surface area (Å²) in [6.45, 7) is 1.94. The number of phenolic OH excluding ortho intramolecular Hbond substituents is 1. The highest BCUT2D eigenvalue weighted by molar-refractivity contribution is 5.51. The molecule has 0 fully saturated rings. The van der Waals surface area contributed by atoms with Crippen molar-refractivity contribution in [1.29, 1.82) is 0 Å². The first-order valence-corrected chi connectivity index (χ1v) is 5.67. The SMILES string of the molecule is CC(O)(CO)CNCc1cc2c(cc1O)OCO2. The van der Waals surface area contributed by atoms with Gasteiger partial charge in [-0.05, 0) is 13.0 Å². The molecular formula is C12H17NO5. The van der Waals surface area contributed by atoms with E-state index in [0.717, 1.165) is 0 Å². The maximum atomic E-state index is 9.77. The third-order valence-electron chi connectivity index (χ3n) is 2.74. The quantitative estimate of drug-likeness (QED) is 0.590. The molecule has 6 nitrogen and oxygen atoms in total. The Morgan fingerprint density at radius 2 is 2.00 bits per heavy atom. The van der Waals surface area contributed by atoms with E-state index in [-0.39, 0.29) is 25.7 Å². The molecule has 0 spiro atoms. The minimum absolute atomic E-state index is 0.107. The lowest BCUT2D eigenvalue weighted by atomic mass is 10.1. The van der Waals surface area contributed by atoms with Gasteiger partial charge in [-0.1, -0.05) is 0 Å². The topological polar surface area (TPSA) is 91.2 Å². The summed E-state index contributed by atoms with van der Waals surface area (Å²) in [6, 6.07) is 3.20. The van der Waals surface area contributed by atoms with Crippen LogP contribution in [0.3, 0.4) is 0 Å². The molecule has 1 unspecified atom stereocenters. The first-order valence-electron chi connectivity index (χ1n) is 5.67. The van der Waals surface area contributed by atoms with Crippen molar-refractivity contribution in [2.45, 2.75) is 19.1 Å². The summed E-state index contributed by atoms with van der Waals surface area (Å²) in [5.74, 6) is 1.23. The molecule has 1 atom stereocenters. The van der Waals surface area contributed by atoms with Gasteiger partial charge in [-0.15, -0.1) is 0 Å². The lowest BCUT2D eigenvalue weighted by Gasteiger charge is -2.20. The number of aromatic hydroxyl groups is 1. The van der Waals surface area contributed by atoms with Crippen molar-refractivity contribution < 1.29 is 24.8 Å². The van der Waals surface area contributed by atoms with Gasteiger partial charge >= 0.3 is 0 Å². The Hall–Kier alpha value is -1.50. The Morgan fingerprint density at radius 3 is 2.67 bits per heavy atom. The summed E-state index contributed by atoms with van der Waals surface area (Å²) in [5, 5.41) is 31.2. The smallest absolute Gasteiger partial charge is 0.231 e. The Balaban J connectivity index is 1.98. The minimum Gasteiger partial charge on any atom is -0.507 e. The zero-order chi connectivity index (χ0) is 13.2. The van der Waals surface area contributed by atoms with Crippen LogP contribution < -0.4 is 14.8 Å². The Bertz CT molecular complexity index is 433. The molecule has 2 rings (SSSR count). The number of ether oxygens (including phenoxy) is 2. The second kappa shape index (κ2) is 5.01. The average Bonchev–Trinajstić information content (AvgIpc) is 2.76. The Labute approximate surface area is 105 Å². The fraction of sp³-hybridized carbons (Fsp3) is 0.500. The summed E-state index contributed by atoms with van der Waals surface area (Å²) in [5.41, 5.74) is -0.528. The Kier molecular flexibility index (Phi) is 3.60. The lowest BCUT2D eigenvalue weighted by Crippen LogP contribution is -2.40. The van der Waals surface area contributed by atoms with Crippen molar-refractivity contribution in [3.05, 3.63) is 17.7 Å². The molecule has 6 heteroatoms. The highest BCUT2D eigenvalue weighted by Crippen LogP contribution is 2.37. The van der Waals surface area contributed by atoms with Crippen LogP contribution in [0.15, 0.2) is 12.1 Å². The van der Waals surface area contributed by atoms with Crippen LogP contribution in [-0.2, 0) is 6.54 Å². The van der Waals surface area contributed by atoms with Crippen LogP contribution in [0.4, 0.5) is 0 Å². The largest absolute Gasteiger partial charge is 0.507 e. The third-order valence-corrected chi connectivity index (χ3v) is 2.74. The molecule has 4 N–H and O–H groups in total. The van der Waals surface area contributed by atoms with E-state index in [9.17, 15) is 10.2 Å². The molecule has 0 radical (unpaired) electrons. The number of aliphatic hydroxyl groups is 2. The van der Waals surface area contributed by atoms with E-state index < -0.39 is 5.60 Å². The van der Waals surface area contributed by atoms with Gasteiger partial charge in [-0.25, -0.2) is 0 Å². The number of fused-ring (bicyclic) bond motifs is 1.